The number of carbonyl (C=O) groups is 2. The Bertz CT molecular complexity index is 539. The zero-order valence-corrected chi connectivity index (χ0v) is 13.5. The highest BCUT2D eigenvalue weighted by Crippen LogP contribution is 2.34. The monoisotopic (exact) mass is 323 g/mol. The van der Waals surface area contributed by atoms with E-state index in [1.54, 1.807) is 24.3 Å². The molecule has 1 unspecified atom stereocenters. The van der Waals surface area contributed by atoms with Crippen molar-refractivity contribution in [3.8, 4) is 0 Å². The Morgan fingerprint density at radius 1 is 1.23 bits per heavy atom. The molecular weight excluding hydrogens is 302 g/mol. The smallest absolute Gasteiger partial charge is 0.261 e. The van der Waals surface area contributed by atoms with E-state index in [-0.39, 0.29) is 24.2 Å². The van der Waals surface area contributed by atoms with Gasteiger partial charge in [-0.15, -0.1) is 12.4 Å². The van der Waals surface area contributed by atoms with Gasteiger partial charge in [0.15, 0.2) is 0 Å². The van der Waals surface area contributed by atoms with E-state index in [2.05, 4.69) is 4.90 Å². The van der Waals surface area contributed by atoms with E-state index in [1.165, 1.54) is 17.7 Å². The molecule has 1 fully saturated rings. The van der Waals surface area contributed by atoms with Crippen molar-refractivity contribution < 1.29 is 9.59 Å². The standard InChI is InChI=1S/C16H21N3O2.ClH/c1-18(14(10-17)11-6-7-11)8-9-19-15(20)12-4-2-3-5-13(12)16(19)21;/h2-5,11,14H,6-10,17H2,1H3;1H. The Kier molecular flexibility index (Phi) is 5.21. The fourth-order valence-corrected chi connectivity index (χ4v) is 3.08. The zero-order chi connectivity index (χ0) is 15.0. The summed E-state index contributed by atoms with van der Waals surface area (Å²) >= 11 is 0. The van der Waals surface area contributed by atoms with Crippen molar-refractivity contribution in [1.29, 1.82) is 0 Å². The molecule has 22 heavy (non-hydrogen) atoms. The molecule has 6 heteroatoms. The van der Waals surface area contributed by atoms with Gasteiger partial charge in [0.1, 0.15) is 0 Å². The number of likely N-dealkylation sites (N-methyl/N-ethyl adjacent to an activating group) is 1. The number of nitrogens with zero attached hydrogens (tertiary/aromatic N) is 2. The SMILES string of the molecule is CN(CCN1C(=O)c2ccccc2C1=O)C(CN)C1CC1.Cl. The molecule has 1 aromatic rings. The van der Waals surface area contributed by atoms with Gasteiger partial charge < -0.3 is 10.6 Å². The summed E-state index contributed by atoms with van der Waals surface area (Å²) in [5.74, 6) is 0.321. The highest BCUT2D eigenvalue weighted by molar-refractivity contribution is 6.21. The predicted molar refractivity (Wildman–Crippen MR) is 87.3 cm³/mol. The molecule has 1 aliphatic carbocycles. The van der Waals surface area contributed by atoms with E-state index in [0.717, 1.165) is 0 Å². The number of hydrogen-bond acceptors (Lipinski definition) is 4. The molecule has 3 rings (SSSR count). The van der Waals surface area contributed by atoms with Crippen LogP contribution >= 0.6 is 12.4 Å². The predicted octanol–water partition coefficient (Wildman–Crippen LogP) is 1.37. The van der Waals surface area contributed by atoms with Crippen molar-refractivity contribution in [3.63, 3.8) is 0 Å². The lowest BCUT2D eigenvalue weighted by Gasteiger charge is -2.28. The van der Waals surface area contributed by atoms with Crippen LogP contribution in [-0.2, 0) is 0 Å². The summed E-state index contributed by atoms with van der Waals surface area (Å²) < 4.78 is 0. The molecule has 1 aliphatic heterocycles. The van der Waals surface area contributed by atoms with E-state index in [4.69, 9.17) is 5.73 Å². The van der Waals surface area contributed by atoms with Crippen LogP contribution in [-0.4, -0.2) is 54.3 Å². The Hall–Kier alpha value is -1.43. The number of hydrogen-bond donors (Lipinski definition) is 1. The maximum Gasteiger partial charge on any atom is 0.261 e. The second kappa shape index (κ2) is 6.77. The molecule has 0 aromatic heterocycles. The number of benzene rings is 1. The molecule has 1 heterocycles. The summed E-state index contributed by atoms with van der Waals surface area (Å²) in [5, 5.41) is 0. The van der Waals surface area contributed by atoms with Gasteiger partial charge >= 0.3 is 0 Å². The summed E-state index contributed by atoms with van der Waals surface area (Å²) in [6, 6.07) is 7.37. The van der Waals surface area contributed by atoms with E-state index < -0.39 is 0 Å². The second-order valence-corrected chi connectivity index (χ2v) is 5.93. The molecule has 0 radical (unpaired) electrons. The molecule has 120 valence electrons. The Morgan fingerprint density at radius 3 is 2.23 bits per heavy atom. The van der Waals surface area contributed by atoms with Crippen LogP contribution in [0.3, 0.4) is 0 Å². The number of nitrogens with two attached hydrogens (primary N) is 1. The summed E-state index contributed by atoms with van der Waals surface area (Å²) in [4.78, 5) is 28.1. The summed E-state index contributed by atoms with van der Waals surface area (Å²) in [6.45, 7) is 1.72. The van der Waals surface area contributed by atoms with E-state index >= 15 is 0 Å². The maximum atomic E-state index is 12.3. The Labute approximate surface area is 136 Å². The minimum Gasteiger partial charge on any atom is -0.329 e. The molecular formula is C16H22ClN3O2. The van der Waals surface area contributed by atoms with Gasteiger partial charge in [0.2, 0.25) is 0 Å². The summed E-state index contributed by atoms with van der Waals surface area (Å²) in [5.41, 5.74) is 6.87. The van der Waals surface area contributed by atoms with E-state index in [0.29, 0.717) is 42.7 Å². The van der Waals surface area contributed by atoms with Crippen molar-refractivity contribution >= 4 is 24.2 Å². The van der Waals surface area contributed by atoms with Gasteiger partial charge in [0.05, 0.1) is 11.1 Å². The molecule has 1 atom stereocenters. The van der Waals surface area contributed by atoms with Crippen LogP contribution < -0.4 is 5.73 Å². The van der Waals surface area contributed by atoms with Crippen LogP contribution in [0.4, 0.5) is 0 Å². The number of carbonyl (C=O) groups excluding carboxylic acids is 2. The molecule has 5 nitrogen and oxygen atoms in total. The zero-order valence-electron chi connectivity index (χ0n) is 12.7. The minimum atomic E-state index is -0.181. The lowest BCUT2D eigenvalue weighted by Crippen LogP contribution is -2.44. The van der Waals surface area contributed by atoms with Crippen molar-refractivity contribution in [2.45, 2.75) is 18.9 Å². The average Bonchev–Trinajstić information content (AvgIpc) is 3.29. The van der Waals surface area contributed by atoms with Crippen LogP contribution in [0.1, 0.15) is 33.6 Å². The maximum absolute atomic E-state index is 12.3. The summed E-state index contributed by atoms with van der Waals surface area (Å²) in [7, 11) is 2.02. The van der Waals surface area contributed by atoms with Crippen LogP contribution in [0.15, 0.2) is 24.3 Å². The third-order valence-electron chi connectivity index (χ3n) is 4.53. The fourth-order valence-electron chi connectivity index (χ4n) is 3.08. The topological polar surface area (TPSA) is 66.6 Å². The quantitative estimate of drug-likeness (QED) is 0.803. The van der Waals surface area contributed by atoms with Crippen molar-refractivity contribution in [2.24, 2.45) is 11.7 Å². The molecule has 1 aromatic carbocycles. The molecule has 0 spiro atoms. The van der Waals surface area contributed by atoms with Crippen molar-refractivity contribution in [2.75, 3.05) is 26.7 Å². The van der Waals surface area contributed by atoms with Gasteiger partial charge in [-0.2, -0.15) is 0 Å². The summed E-state index contributed by atoms with van der Waals surface area (Å²) in [6.07, 6.45) is 2.47. The number of halogens is 1. The van der Waals surface area contributed by atoms with Gasteiger partial charge in [-0.1, -0.05) is 12.1 Å². The Balaban J connectivity index is 0.00000176. The van der Waals surface area contributed by atoms with Crippen LogP contribution in [0.25, 0.3) is 0 Å². The average molecular weight is 324 g/mol. The highest BCUT2D eigenvalue weighted by Gasteiger charge is 2.36. The second-order valence-electron chi connectivity index (χ2n) is 5.93. The lowest BCUT2D eigenvalue weighted by atomic mass is 10.1. The number of rotatable bonds is 6. The molecule has 0 saturated heterocycles. The first kappa shape index (κ1) is 16.9. The third kappa shape index (κ3) is 3.02. The van der Waals surface area contributed by atoms with Crippen LogP contribution in [0.2, 0.25) is 0 Å². The first-order valence-electron chi connectivity index (χ1n) is 7.49. The molecule has 2 N–H and O–H groups in total. The number of amides is 2. The largest absolute Gasteiger partial charge is 0.329 e. The third-order valence-corrected chi connectivity index (χ3v) is 4.53. The van der Waals surface area contributed by atoms with Crippen molar-refractivity contribution in [1.82, 2.24) is 9.80 Å². The van der Waals surface area contributed by atoms with Crippen molar-refractivity contribution in [3.05, 3.63) is 35.4 Å². The molecule has 2 aliphatic rings. The van der Waals surface area contributed by atoms with Gasteiger partial charge in [0, 0.05) is 25.7 Å². The van der Waals surface area contributed by atoms with Gasteiger partial charge in [-0.3, -0.25) is 14.5 Å². The number of imide groups is 1. The van der Waals surface area contributed by atoms with Gasteiger partial charge in [-0.05, 0) is 37.9 Å². The molecule has 0 bridgehead atoms. The lowest BCUT2D eigenvalue weighted by molar-refractivity contribution is 0.0631. The first-order valence-corrected chi connectivity index (χ1v) is 7.49. The van der Waals surface area contributed by atoms with Crippen LogP contribution in [0.5, 0.6) is 0 Å². The minimum absolute atomic E-state index is 0. The highest BCUT2D eigenvalue weighted by atomic mass is 35.5. The van der Waals surface area contributed by atoms with E-state index in [9.17, 15) is 9.59 Å². The first-order chi connectivity index (χ1) is 10.1. The number of fused-ring (bicyclic) bond motifs is 1. The normalized spacial score (nSPS) is 18.4. The molecule has 2 amide bonds. The van der Waals surface area contributed by atoms with Gasteiger partial charge in [-0.25, -0.2) is 0 Å². The fraction of sp³-hybridized carbons (Fsp3) is 0.500. The molecule has 1 saturated carbocycles. The van der Waals surface area contributed by atoms with E-state index in [1.807, 2.05) is 7.05 Å². The van der Waals surface area contributed by atoms with Gasteiger partial charge in [0.25, 0.3) is 11.8 Å². The Morgan fingerprint density at radius 2 is 1.77 bits per heavy atom. The van der Waals surface area contributed by atoms with Crippen LogP contribution in [0, 0.1) is 5.92 Å².